The molecule has 0 saturated heterocycles. The van der Waals surface area contributed by atoms with Crippen LogP contribution in [0.1, 0.15) is 40.4 Å². The lowest BCUT2D eigenvalue weighted by Gasteiger charge is -2.14. The molecule has 1 N–H and O–H groups in total. The van der Waals surface area contributed by atoms with Crippen LogP contribution < -0.4 is 10.1 Å². The molecule has 1 atom stereocenters. The molecule has 2 rings (SSSR count). The van der Waals surface area contributed by atoms with Crippen molar-refractivity contribution in [2.45, 2.75) is 26.8 Å². The summed E-state index contributed by atoms with van der Waals surface area (Å²) in [5, 5.41) is 2.96. The van der Waals surface area contributed by atoms with Crippen molar-refractivity contribution in [3.63, 3.8) is 0 Å². The number of furan rings is 1. The second-order valence-electron chi connectivity index (χ2n) is 4.80. The molecule has 0 radical (unpaired) electrons. The van der Waals surface area contributed by atoms with E-state index in [-0.39, 0.29) is 11.9 Å². The number of benzene rings is 1. The molecule has 106 valence electrons. The number of carbonyl (C=O) groups excluding carboxylic acids is 1. The van der Waals surface area contributed by atoms with Crippen molar-refractivity contribution in [3.05, 3.63) is 53.0 Å². The fourth-order valence-electron chi connectivity index (χ4n) is 2.12. The lowest BCUT2D eigenvalue weighted by atomic mass is 10.1. The summed E-state index contributed by atoms with van der Waals surface area (Å²) in [6.07, 6.45) is 0. The zero-order valence-corrected chi connectivity index (χ0v) is 12.2. The highest BCUT2D eigenvalue weighted by molar-refractivity contribution is 5.95. The van der Waals surface area contributed by atoms with Gasteiger partial charge in [0.1, 0.15) is 17.3 Å². The first-order valence-electron chi connectivity index (χ1n) is 6.53. The van der Waals surface area contributed by atoms with Gasteiger partial charge >= 0.3 is 0 Å². The highest BCUT2D eigenvalue weighted by atomic mass is 16.5. The Bertz CT molecular complexity index is 616. The maximum absolute atomic E-state index is 12.2. The van der Waals surface area contributed by atoms with Gasteiger partial charge in [0, 0.05) is 0 Å². The molecule has 20 heavy (non-hydrogen) atoms. The summed E-state index contributed by atoms with van der Waals surface area (Å²) in [7, 11) is 1.62. The zero-order chi connectivity index (χ0) is 14.7. The van der Waals surface area contributed by atoms with E-state index < -0.39 is 0 Å². The molecule has 0 unspecified atom stereocenters. The summed E-state index contributed by atoms with van der Waals surface area (Å²) in [4.78, 5) is 12.2. The normalized spacial score (nSPS) is 12.0. The lowest BCUT2D eigenvalue weighted by Crippen LogP contribution is -2.26. The van der Waals surface area contributed by atoms with Crippen molar-refractivity contribution in [3.8, 4) is 5.75 Å². The smallest absolute Gasteiger partial charge is 0.255 e. The second kappa shape index (κ2) is 5.82. The molecule has 0 aliphatic carbocycles. The molecule has 0 fully saturated rings. The maximum atomic E-state index is 12.2. The third-order valence-corrected chi connectivity index (χ3v) is 3.23. The zero-order valence-electron chi connectivity index (χ0n) is 12.2. The third-order valence-electron chi connectivity index (χ3n) is 3.23. The first kappa shape index (κ1) is 14.2. The van der Waals surface area contributed by atoms with Gasteiger partial charge in [-0.25, -0.2) is 0 Å². The van der Waals surface area contributed by atoms with E-state index in [1.807, 2.05) is 38.1 Å². The van der Waals surface area contributed by atoms with Crippen LogP contribution in [-0.4, -0.2) is 13.0 Å². The van der Waals surface area contributed by atoms with E-state index in [0.29, 0.717) is 11.3 Å². The molecular weight excluding hydrogens is 254 g/mol. The van der Waals surface area contributed by atoms with E-state index in [2.05, 4.69) is 5.32 Å². The van der Waals surface area contributed by atoms with Crippen LogP contribution in [0, 0.1) is 13.8 Å². The van der Waals surface area contributed by atoms with Crippen LogP contribution in [0.15, 0.2) is 34.7 Å². The Labute approximate surface area is 118 Å². The number of ether oxygens (including phenoxy) is 1. The van der Waals surface area contributed by atoms with Gasteiger partial charge in [-0.05, 0) is 44.5 Å². The number of methoxy groups -OCH3 is 1. The quantitative estimate of drug-likeness (QED) is 0.929. The molecule has 0 aliphatic rings. The summed E-state index contributed by atoms with van der Waals surface area (Å²) in [6, 6.07) is 9.31. The molecule has 1 aromatic heterocycles. The van der Waals surface area contributed by atoms with Gasteiger partial charge in [0.05, 0.1) is 18.7 Å². The Kier molecular flexibility index (Phi) is 4.13. The number of nitrogens with one attached hydrogen (secondary N) is 1. The average Bonchev–Trinajstić information content (AvgIpc) is 2.77. The van der Waals surface area contributed by atoms with Gasteiger partial charge in [0.15, 0.2) is 0 Å². The summed E-state index contributed by atoms with van der Waals surface area (Å²) >= 11 is 0. The molecule has 1 heterocycles. The fraction of sp³-hybridized carbons (Fsp3) is 0.312. The first-order valence-corrected chi connectivity index (χ1v) is 6.53. The minimum absolute atomic E-state index is 0.104. The molecule has 1 aromatic carbocycles. The lowest BCUT2D eigenvalue weighted by molar-refractivity contribution is 0.0938. The van der Waals surface area contributed by atoms with E-state index in [0.717, 1.165) is 17.1 Å². The molecule has 0 bridgehead atoms. The topological polar surface area (TPSA) is 51.5 Å². The van der Waals surface area contributed by atoms with E-state index in [1.165, 1.54) is 0 Å². The molecule has 0 spiro atoms. The molecule has 4 heteroatoms. The highest BCUT2D eigenvalue weighted by Gasteiger charge is 2.16. The molecule has 0 aliphatic heterocycles. The van der Waals surface area contributed by atoms with Crippen LogP contribution in [0.25, 0.3) is 0 Å². The number of amides is 1. The SMILES string of the molecule is COc1cccc([C@@H](C)NC(=O)c2cc(C)oc2C)c1. The fourth-order valence-corrected chi connectivity index (χ4v) is 2.12. The second-order valence-corrected chi connectivity index (χ2v) is 4.80. The summed E-state index contributed by atoms with van der Waals surface area (Å²) < 4.78 is 10.6. The van der Waals surface area contributed by atoms with Gasteiger partial charge in [-0.2, -0.15) is 0 Å². The van der Waals surface area contributed by atoms with Crippen molar-refractivity contribution in [1.82, 2.24) is 5.32 Å². The van der Waals surface area contributed by atoms with E-state index in [9.17, 15) is 4.79 Å². The first-order chi connectivity index (χ1) is 9.51. The van der Waals surface area contributed by atoms with Gasteiger partial charge in [-0.3, -0.25) is 4.79 Å². The Hall–Kier alpha value is -2.23. The van der Waals surface area contributed by atoms with Gasteiger partial charge in [-0.1, -0.05) is 12.1 Å². The van der Waals surface area contributed by atoms with Gasteiger partial charge in [-0.15, -0.1) is 0 Å². The van der Waals surface area contributed by atoms with Crippen molar-refractivity contribution in [2.24, 2.45) is 0 Å². The maximum Gasteiger partial charge on any atom is 0.255 e. The summed E-state index contributed by atoms with van der Waals surface area (Å²) in [6.45, 7) is 5.56. The number of carbonyl (C=O) groups is 1. The number of aryl methyl sites for hydroxylation is 2. The Morgan fingerprint density at radius 2 is 2.05 bits per heavy atom. The number of hydrogen-bond acceptors (Lipinski definition) is 3. The molecular formula is C16H19NO3. The van der Waals surface area contributed by atoms with Crippen molar-refractivity contribution >= 4 is 5.91 Å². The number of rotatable bonds is 4. The Balaban J connectivity index is 2.12. The largest absolute Gasteiger partial charge is 0.497 e. The summed E-state index contributed by atoms with van der Waals surface area (Å²) in [5.41, 5.74) is 1.58. The highest BCUT2D eigenvalue weighted by Crippen LogP contribution is 2.20. The van der Waals surface area contributed by atoms with Crippen LogP contribution in [0.3, 0.4) is 0 Å². The van der Waals surface area contributed by atoms with Gasteiger partial charge < -0.3 is 14.5 Å². The minimum atomic E-state index is -0.130. The van der Waals surface area contributed by atoms with Crippen LogP contribution in [-0.2, 0) is 0 Å². The third kappa shape index (κ3) is 3.02. The van der Waals surface area contributed by atoms with Crippen LogP contribution >= 0.6 is 0 Å². The van der Waals surface area contributed by atoms with E-state index in [1.54, 1.807) is 20.1 Å². The minimum Gasteiger partial charge on any atom is -0.497 e. The van der Waals surface area contributed by atoms with E-state index >= 15 is 0 Å². The van der Waals surface area contributed by atoms with E-state index in [4.69, 9.17) is 9.15 Å². The van der Waals surface area contributed by atoms with Gasteiger partial charge in [0.25, 0.3) is 5.91 Å². The monoisotopic (exact) mass is 273 g/mol. The molecule has 0 saturated carbocycles. The summed E-state index contributed by atoms with van der Waals surface area (Å²) in [5.74, 6) is 2.02. The standard InChI is InChI=1S/C16H19NO3/c1-10-8-15(12(3)20-10)16(18)17-11(2)13-6-5-7-14(9-13)19-4/h5-9,11H,1-4H3,(H,17,18)/t11-/m1/s1. The Morgan fingerprint density at radius 1 is 1.30 bits per heavy atom. The van der Waals surface area contributed by atoms with Crippen molar-refractivity contribution in [2.75, 3.05) is 7.11 Å². The van der Waals surface area contributed by atoms with Crippen LogP contribution in [0.2, 0.25) is 0 Å². The van der Waals surface area contributed by atoms with Gasteiger partial charge in [0.2, 0.25) is 0 Å². The van der Waals surface area contributed by atoms with Crippen molar-refractivity contribution in [1.29, 1.82) is 0 Å². The average molecular weight is 273 g/mol. The van der Waals surface area contributed by atoms with Crippen LogP contribution in [0.5, 0.6) is 5.75 Å². The molecule has 4 nitrogen and oxygen atoms in total. The Morgan fingerprint density at radius 3 is 2.65 bits per heavy atom. The van der Waals surface area contributed by atoms with Crippen LogP contribution in [0.4, 0.5) is 0 Å². The number of hydrogen-bond donors (Lipinski definition) is 1. The predicted molar refractivity (Wildman–Crippen MR) is 77.1 cm³/mol. The molecule has 1 amide bonds. The predicted octanol–water partition coefficient (Wildman–Crippen LogP) is 3.40. The molecule has 2 aromatic rings. The van der Waals surface area contributed by atoms with Crippen molar-refractivity contribution < 1.29 is 13.9 Å².